The Kier molecular flexibility index (Phi) is 5.68. The Morgan fingerprint density at radius 2 is 1.46 bits per heavy atom. The van der Waals surface area contributed by atoms with Crippen molar-refractivity contribution in [1.29, 1.82) is 0 Å². The first-order valence-electron chi connectivity index (χ1n) is 9.54. The van der Waals surface area contributed by atoms with Crippen molar-refractivity contribution in [2.75, 3.05) is 6.61 Å². The Morgan fingerprint density at radius 1 is 0.962 bits per heavy atom. The zero-order valence-corrected chi connectivity index (χ0v) is 17.1. The highest BCUT2D eigenvalue weighted by Gasteiger charge is 2.52. The van der Waals surface area contributed by atoms with E-state index in [0.29, 0.717) is 0 Å². The maximum Gasteiger partial charge on any atom is 0.261 e. The van der Waals surface area contributed by atoms with Gasteiger partial charge in [-0.2, -0.15) is 0 Å². The highest BCUT2D eigenvalue weighted by atomic mass is 28.4. The van der Waals surface area contributed by atoms with Gasteiger partial charge in [0.2, 0.25) is 0 Å². The summed E-state index contributed by atoms with van der Waals surface area (Å²) in [5, 5.41) is 12.1. The van der Waals surface area contributed by atoms with Crippen LogP contribution >= 0.6 is 0 Å². The van der Waals surface area contributed by atoms with Crippen molar-refractivity contribution in [2.24, 2.45) is 11.7 Å². The van der Waals surface area contributed by atoms with Crippen molar-refractivity contribution >= 4 is 18.7 Å². The molecule has 3 rings (SSSR count). The van der Waals surface area contributed by atoms with E-state index in [1.807, 2.05) is 0 Å². The second-order valence-corrected chi connectivity index (χ2v) is 12.8. The highest BCUT2D eigenvalue weighted by molar-refractivity contribution is 6.99. The number of hydrogen-bond acceptors (Lipinski definition) is 3. The topological polar surface area (TPSA) is 55.5 Å². The summed E-state index contributed by atoms with van der Waals surface area (Å²) in [4.78, 5) is 0. The molecule has 0 spiro atoms. The molecule has 0 bridgehead atoms. The Hall–Kier alpha value is -1.46. The molecule has 140 valence electrons. The number of aliphatic hydroxyl groups is 1. The molecule has 0 aromatic heterocycles. The fourth-order valence-electron chi connectivity index (χ4n) is 4.34. The fraction of sp³-hybridized carbons (Fsp3) is 0.455. The van der Waals surface area contributed by atoms with Gasteiger partial charge in [-0.1, -0.05) is 81.4 Å². The largest absolute Gasteiger partial charge is 0.403 e. The number of benzene rings is 2. The molecule has 4 heteroatoms. The molecule has 1 aliphatic rings. The first-order chi connectivity index (χ1) is 12.4. The standard InChI is InChI=1S/C22H31NO2Si/c1-22(2,3)26(18-10-6-4-7-11-18,19-12-8-5-9-13-19)25-21-15-17(16-24)14-20(21)23/h4-13,17,20-21,24H,14-16,23H2,1-3H3/t17-,20-,21-/m1/s1. The van der Waals surface area contributed by atoms with Crippen LogP contribution in [-0.2, 0) is 4.43 Å². The van der Waals surface area contributed by atoms with Crippen LogP contribution in [0.15, 0.2) is 60.7 Å². The maximum atomic E-state index is 9.59. The molecule has 0 unspecified atom stereocenters. The van der Waals surface area contributed by atoms with E-state index < -0.39 is 8.32 Å². The number of aliphatic hydroxyl groups excluding tert-OH is 1. The predicted molar refractivity (Wildman–Crippen MR) is 110 cm³/mol. The minimum atomic E-state index is -2.56. The molecule has 0 radical (unpaired) electrons. The normalized spacial score (nSPS) is 24.0. The van der Waals surface area contributed by atoms with E-state index in [9.17, 15) is 5.11 Å². The third-order valence-electron chi connectivity index (χ3n) is 5.65. The summed E-state index contributed by atoms with van der Waals surface area (Å²) in [7, 11) is -2.56. The highest BCUT2D eigenvalue weighted by Crippen LogP contribution is 2.40. The van der Waals surface area contributed by atoms with Crippen LogP contribution in [-0.4, -0.2) is 32.2 Å². The van der Waals surface area contributed by atoms with Crippen LogP contribution in [0.2, 0.25) is 5.04 Å². The molecule has 0 saturated heterocycles. The first kappa shape index (κ1) is 19.3. The second kappa shape index (κ2) is 7.65. The molecule has 2 aromatic rings. The van der Waals surface area contributed by atoms with Gasteiger partial charge in [0, 0.05) is 12.6 Å². The van der Waals surface area contributed by atoms with Crippen molar-refractivity contribution in [3.05, 3.63) is 60.7 Å². The average molecular weight is 370 g/mol. The van der Waals surface area contributed by atoms with Crippen LogP contribution in [0, 0.1) is 5.92 Å². The summed E-state index contributed by atoms with van der Waals surface area (Å²) in [5.41, 5.74) is 6.44. The van der Waals surface area contributed by atoms with Crippen molar-refractivity contribution in [3.8, 4) is 0 Å². The SMILES string of the molecule is CC(C)(C)[Si](O[C@@H]1C[C@H](CO)C[C@H]1N)(c1ccccc1)c1ccccc1. The lowest BCUT2D eigenvalue weighted by atomic mass is 10.1. The summed E-state index contributed by atoms with van der Waals surface area (Å²) in [6.45, 7) is 7.03. The predicted octanol–water partition coefficient (Wildman–Crippen LogP) is 2.66. The molecule has 1 fully saturated rings. The monoisotopic (exact) mass is 369 g/mol. The number of rotatable bonds is 5. The zero-order chi connectivity index (χ0) is 18.8. The molecule has 3 N–H and O–H groups in total. The molecule has 1 aliphatic carbocycles. The van der Waals surface area contributed by atoms with Gasteiger partial charge in [0.15, 0.2) is 0 Å². The molecular formula is C22H31NO2Si. The van der Waals surface area contributed by atoms with E-state index in [1.54, 1.807) is 0 Å². The van der Waals surface area contributed by atoms with Crippen LogP contribution in [0.4, 0.5) is 0 Å². The summed E-state index contributed by atoms with van der Waals surface area (Å²) >= 11 is 0. The summed E-state index contributed by atoms with van der Waals surface area (Å²) in [6, 6.07) is 21.3. The lowest BCUT2D eigenvalue weighted by Crippen LogP contribution is -2.68. The van der Waals surface area contributed by atoms with Crippen LogP contribution in [0.25, 0.3) is 0 Å². The Morgan fingerprint density at radius 3 is 1.85 bits per heavy atom. The molecule has 0 aliphatic heterocycles. The summed E-state index contributed by atoms with van der Waals surface area (Å²) in [5.74, 6) is 0.244. The summed E-state index contributed by atoms with van der Waals surface area (Å²) < 4.78 is 7.08. The van der Waals surface area contributed by atoms with E-state index in [-0.39, 0.29) is 29.7 Å². The van der Waals surface area contributed by atoms with Crippen molar-refractivity contribution in [2.45, 2.75) is 50.8 Å². The molecule has 0 amide bonds. The third-order valence-corrected chi connectivity index (χ3v) is 10.7. The molecule has 1 saturated carbocycles. The Balaban J connectivity index is 2.12. The minimum absolute atomic E-state index is 0.0153. The fourth-order valence-corrected chi connectivity index (χ4v) is 9.08. The lowest BCUT2D eigenvalue weighted by molar-refractivity contribution is 0.164. The first-order valence-corrected chi connectivity index (χ1v) is 11.4. The molecule has 3 nitrogen and oxygen atoms in total. The molecule has 0 heterocycles. The van der Waals surface area contributed by atoms with Gasteiger partial charge in [-0.3, -0.25) is 0 Å². The Bertz CT molecular complexity index is 660. The van der Waals surface area contributed by atoms with Gasteiger partial charge in [0.05, 0.1) is 6.10 Å². The smallest absolute Gasteiger partial charge is 0.261 e. The van der Waals surface area contributed by atoms with Gasteiger partial charge in [0.1, 0.15) is 0 Å². The molecule has 2 aromatic carbocycles. The van der Waals surface area contributed by atoms with E-state index in [4.69, 9.17) is 10.2 Å². The van der Waals surface area contributed by atoms with Crippen LogP contribution in [0.1, 0.15) is 33.6 Å². The second-order valence-electron chi connectivity index (χ2n) is 8.50. The molecule has 26 heavy (non-hydrogen) atoms. The maximum absolute atomic E-state index is 9.59. The van der Waals surface area contributed by atoms with E-state index in [2.05, 4.69) is 81.4 Å². The summed E-state index contributed by atoms with van der Waals surface area (Å²) in [6.07, 6.45) is 1.65. The van der Waals surface area contributed by atoms with Gasteiger partial charge in [-0.25, -0.2) is 0 Å². The van der Waals surface area contributed by atoms with Crippen LogP contribution in [0.3, 0.4) is 0 Å². The number of hydrogen-bond donors (Lipinski definition) is 2. The van der Waals surface area contributed by atoms with E-state index in [1.165, 1.54) is 10.4 Å². The molecule has 3 atom stereocenters. The quantitative estimate of drug-likeness (QED) is 0.797. The Labute approximate surface area is 158 Å². The lowest BCUT2D eigenvalue weighted by Gasteiger charge is -2.45. The van der Waals surface area contributed by atoms with Gasteiger partial charge < -0.3 is 15.3 Å². The van der Waals surface area contributed by atoms with Crippen molar-refractivity contribution in [3.63, 3.8) is 0 Å². The van der Waals surface area contributed by atoms with Crippen molar-refractivity contribution < 1.29 is 9.53 Å². The minimum Gasteiger partial charge on any atom is -0.403 e. The van der Waals surface area contributed by atoms with Gasteiger partial charge in [-0.05, 0) is 34.2 Å². The van der Waals surface area contributed by atoms with Crippen LogP contribution < -0.4 is 16.1 Å². The zero-order valence-electron chi connectivity index (χ0n) is 16.1. The molecular weight excluding hydrogens is 338 g/mol. The van der Waals surface area contributed by atoms with Gasteiger partial charge in [-0.15, -0.1) is 0 Å². The number of nitrogens with two attached hydrogens (primary N) is 1. The van der Waals surface area contributed by atoms with Gasteiger partial charge >= 0.3 is 0 Å². The average Bonchev–Trinajstić information content (AvgIpc) is 3.00. The van der Waals surface area contributed by atoms with Crippen LogP contribution in [0.5, 0.6) is 0 Å². The van der Waals surface area contributed by atoms with Gasteiger partial charge in [0.25, 0.3) is 8.32 Å². The van der Waals surface area contributed by atoms with Crippen molar-refractivity contribution in [1.82, 2.24) is 0 Å². The third kappa shape index (κ3) is 3.51. The van der Waals surface area contributed by atoms with E-state index in [0.717, 1.165) is 12.8 Å². The van der Waals surface area contributed by atoms with E-state index >= 15 is 0 Å².